The molecule has 3 aromatic carbocycles. The summed E-state index contributed by atoms with van der Waals surface area (Å²) in [6.45, 7) is 0.569. The number of hydrogen-bond donors (Lipinski definition) is 1. The largest absolute Gasteiger partial charge is 0.489 e. The third kappa shape index (κ3) is 4.51. The summed E-state index contributed by atoms with van der Waals surface area (Å²) in [4.78, 5) is 0. The van der Waals surface area contributed by atoms with Crippen LogP contribution in [0.25, 0.3) is 17.5 Å². The van der Waals surface area contributed by atoms with Gasteiger partial charge in [0.1, 0.15) is 12.4 Å². The Kier molecular flexibility index (Phi) is 5.54. The number of allylic oxidation sites excluding steroid dienone is 1. The molecule has 0 fully saturated rings. The zero-order valence-corrected chi connectivity index (χ0v) is 15.3. The Bertz CT molecular complexity index is 1030. The highest BCUT2D eigenvalue weighted by atomic mass is 16.5. The van der Waals surface area contributed by atoms with Crippen molar-refractivity contribution in [2.75, 3.05) is 0 Å². The van der Waals surface area contributed by atoms with Gasteiger partial charge < -0.3 is 4.74 Å². The smallest absolute Gasteiger partial charge is 0.179 e. The molecule has 4 aromatic rings. The minimum absolute atomic E-state index is 0.569. The second kappa shape index (κ2) is 8.77. The number of hydrogen-bond acceptors (Lipinski definition) is 4. The van der Waals surface area contributed by atoms with Gasteiger partial charge in [0, 0.05) is 5.56 Å². The van der Waals surface area contributed by atoms with Crippen LogP contribution in [0.4, 0.5) is 0 Å². The minimum atomic E-state index is 0.569. The number of aromatic nitrogens is 4. The number of benzene rings is 3. The fourth-order valence-electron chi connectivity index (χ4n) is 2.90. The average molecular weight is 368 g/mol. The fraction of sp³-hybridized carbons (Fsp3) is 0.0870. The highest BCUT2D eigenvalue weighted by Gasteiger charge is 2.03. The third-order valence-corrected chi connectivity index (χ3v) is 4.39. The van der Waals surface area contributed by atoms with Crippen LogP contribution in [0.15, 0.2) is 84.9 Å². The maximum Gasteiger partial charge on any atom is 0.179 e. The molecule has 0 aliphatic carbocycles. The van der Waals surface area contributed by atoms with Gasteiger partial charge in [-0.25, -0.2) is 5.10 Å². The molecule has 1 N–H and O–H groups in total. The van der Waals surface area contributed by atoms with Gasteiger partial charge in [-0.2, -0.15) is 0 Å². The molecule has 28 heavy (non-hydrogen) atoms. The van der Waals surface area contributed by atoms with Crippen molar-refractivity contribution in [1.82, 2.24) is 20.6 Å². The monoisotopic (exact) mass is 368 g/mol. The first-order valence-electron chi connectivity index (χ1n) is 9.14. The summed E-state index contributed by atoms with van der Waals surface area (Å²) < 4.78 is 6.03. The molecule has 0 saturated carbocycles. The summed E-state index contributed by atoms with van der Waals surface area (Å²) in [5.74, 6) is 1.59. The first-order chi connectivity index (χ1) is 13.9. The molecule has 1 heterocycles. The van der Waals surface area contributed by atoms with E-state index < -0.39 is 0 Å². The molecule has 0 saturated heterocycles. The second-order valence-electron chi connectivity index (χ2n) is 6.36. The first kappa shape index (κ1) is 17.7. The number of tetrazole rings is 1. The van der Waals surface area contributed by atoms with E-state index in [0.717, 1.165) is 28.9 Å². The van der Waals surface area contributed by atoms with Gasteiger partial charge >= 0.3 is 0 Å². The first-order valence-corrected chi connectivity index (χ1v) is 9.14. The maximum atomic E-state index is 6.03. The van der Waals surface area contributed by atoms with Gasteiger partial charge in [-0.15, -0.1) is 5.10 Å². The molecular formula is C23H20N4O. The van der Waals surface area contributed by atoms with Crippen LogP contribution >= 0.6 is 0 Å². The van der Waals surface area contributed by atoms with Crippen LogP contribution in [-0.2, 0) is 13.0 Å². The van der Waals surface area contributed by atoms with Gasteiger partial charge in [0.05, 0.1) is 0 Å². The van der Waals surface area contributed by atoms with E-state index >= 15 is 0 Å². The van der Waals surface area contributed by atoms with Crippen LogP contribution in [0.5, 0.6) is 5.75 Å². The Morgan fingerprint density at radius 2 is 1.64 bits per heavy atom. The number of para-hydroxylation sites is 1. The standard InChI is InChI=1S/C23H20N4O/c1-2-7-19(8-3-1)17-28-22-12-5-4-10-20(22)11-6-9-18-13-15-21(16-14-18)23-24-26-27-25-23/h1-10,12-16H,11,17H2,(H,24,25,26,27). The summed E-state index contributed by atoms with van der Waals surface area (Å²) in [5, 5.41) is 13.9. The summed E-state index contributed by atoms with van der Waals surface area (Å²) in [5.41, 5.74) is 4.41. The summed E-state index contributed by atoms with van der Waals surface area (Å²) in [6.07, 6.45) is 5.06. The third-order valence-electron chi connectivity index (χ3n) is 4.39. The van der Waals surface area contributed by atoms with E-state index in [0.29, 0.717) is 12.4 Å². The molecule has 0 aliphatic heterocycles. The van der Waals surface area contributed by atoms with E-state index in [9.17, 15) is 0 Å². The lowest BCUT2D eigenvalue weighted by Gasteiger charge is -2.10. The number of ether oxygens (including phenoxy) is 1. The number of rotatable bonds is 7. The van der Waals surface area contributed by atoms with Gasteiger partial charge in [-0.1, -0.05) is 84.9 Å². The summed E-state index contributed by atoms with van der Waals surface area (Å²) in [6, 6.07) is 26.5. The van der Waals surface area contributed by atoms with Crippen LogP contribution in [-0.4, -0.2) is 20.6 Å². The summed E-state index contributed by atoms with van der Waals surface area (Å²) in [7, 11) is 0. The van der Waals surface area contributed by atoms with Gasteiger partial charge in [-0.3, -0.25) is 0 Å². The van der Waals surface area contributed by atoms with Gasteiger partial charge in [0.2, 0.25) is 0 Å². The van der Waals surface area contributed by atoms with E-state index in [4.69, 9.17) is 4.74 Å². The lowest BCUT2D eigenvalue weighted by atomic mass is 10.1. The quantitative estimate of drug-likeness (QED) is 0.513. The Balaban J connectivity index is 1.39. The van der Waals surface area contributed by atoms with Crippen LogP contribution in [0.1, 0.15) is 16.7 Å². The SMILES string of the molecule is C(=Cc1ccc(-c2nnn[nH]2)cc1)Cc1ccccc1OCc1ccccc1. The number of nitrogens with zero attached hydrogens (tertiary/aromatic N) is 3. The molecule has 0 radical (unpaired) electrons. The van der Waals surface area contributed by atoms with Crippen LogP contribution in [0.3, 0.4) is 0 Å². The number of H-pyrrole nitrogens is 1. The van der Waals surface area contributed by atoms with Crippen molar-refractivity contribution in [2.24, 2.45) is 0 Å². The molecule has 0 bridgehead atoms. The number of aromatic amines is 1. The molecule has 5 heteroatoms. The van der Waals surface area contributed by atoms with Gasteiger partial charge in [-0.05, 0) is 39.6 Å². The molecule has 0 amide bonds. The predicted molar refractivity (Wildman–Crippen MR) is 110 cm³/mol. The molecule has 5 nitrogen and oxygen atoms in total. The molecule has 0 atom stereocenters. The Morgan fingerprint density at radius 1 is 0.857 bits per heavy atom. The second-order valence-corrected chi connectivity index (χ2v) is 6.36. The van der Waals surface area contributed by atoms with E-state index in [2.05, 4.69) is 51.0 Å². The molecule has 138 valence electrons. The number of nitrogens with one attached hydrogen (secondary N) is 1. The molecule has 1 aromatic heterocycles. The van der Waals surface area contributed by atoms with Crippen LogP contribution in [0, 0.1) is 0 Å². The normalized spacial score (nSPS) is 11.0. The van der Waals surface area contributed by atoms with Crippen molar-refractivity contribution < 1.29 is 4.74 Å². The van der Waals surface area contributed by atoms with E-state index in [-0.39, 0.29) is 0 Å². The highest BCUT2D eigenvalue weighted by molar-refractivity contribution is 5.59. The maximum absolute atomic E-state index is 6.03. The molecule has 4 rings (SSSR count). The van der Waals surface area contributed by atoms with Crippen molar-refractivity contribution in [3.8, 4) is 17.1 Å². The average Bonchev–Trinajstić information content (AvgIpc) is 3.29. The Labute approximate surface area is 163 Å². The predicted octanol–water partition coefficient (Wildman–Crippen LogP) is 4.70. The Morgan fingerprint density at radius 3 is 2.43 bits per heavy atom. The highest BCUT2D eigenvalue weighted by Crippen LogP contribution is 2.21. The van der Waals surface area contributed by atoms with Crippen LogP contribution in [0.2, 0.25) is 0 Å². The van der Waals surface area contributed by atoms with Gasteiger partial charge in [0.25, 0.3) is 0 Å². The lowest BCUT2D eigenvalue weighted by Crippen LogP contribution is -1.98. The van der Waals surface area contributed by atoms with Crippen molar-refractivity contribution in [2.45, 2.75) is 13.0 Å². The van der Waals surface area contributed by atoms with E-state index in [1.165, 1.54) is 5.56 Å². The molecule has 0 aliphatic rings. The minimum Gasteiger partial charge on any atom is -0.489 e. The fourth-order valence-corrected chi connectivity index (χ4v) is 2.90. The Hall–Kier alpha value is -3.73. The zero-order chi connectivity index (χ0) is 19.0. The van der Waals surface area contributed by atoms with E-state index in [1.54, 1.807) is 0 Å². The molecule has 0 spiro atoms. The van der Waals surface area contributed by atoms with Crippen molar-refractivity contribution in [3.05, 3.63) is 102 Å². The molecular weight excluding hydrogens is 348 g/mol. The topological polar surface area (TPSA) is 63.7 Å². The van der Waals surface area contributed by atoms with Crippen molar-refractivity contribution >= 4 is 6.08 Å². The van der Waals surface area contributed by atoms with Crippen LogP contribution < -0.4 is 4.74 Å². The molecule has 0 unspecified atom stereocenters. The summed E-state index contributed by atoms with van der Waals surface area (Å²) >= 11 is 0. The van der Waals surface area contributed by atoms with Gasteiger partial charge in [0.15, 0.2) is 5.82 Å². The van der Waals surface area contributed by atoms with Crippen molar-refractivity contribution in [3.63, 3.8) is 0 Å². The zero-order valence-electron chi connectivity index (χ0n) is 15.3. The van der Waals surface area contributed by atoms with Crippen molar-refractivity contribution in [1.29, 1.82) is 0 Å². The van der Waals surface area contributed by atoms with E-state index in [1.807, 2.05) is 60.7 Å². The lowest BCUT2D eigenvalue weighted by molar-refractivity contribution is 0.303.